The van der Waals surface area contributed by atoms with Gasteiger partial charge in [0.15, 0.2) is 0 Å². The Balaban J connectivity index is 3.09. The zero-order valence-corrected chi connectivity index (χ0v) is 12.7. The fourth-order valence-electron chi connectivity index (χ4n) is 1.67. The zero-order chi connectivity index (χ0) is 17.1. The van der Waals surface area contributed by atoms with Gasteiger partial charge in [-0.15, -0.1) is 0 Å². The number of carboxylic acid groups (broad SMARTS) is 2. The standard InChI is InChI=1S/C12H16NO8P/c1-13(2)7-3-5-8(6-4-7)21-9(11(14)15)10(12(16)17)22(18,19)20/h3-6,9-10H,1-2H3,(H,14,15)(H,16,17)(H2,18,19,20). The molecule has 0 saturated heterocycles. The average Bonchev–Trinajstić information content (AvgIpc) is 2.36. The summed E-state index contributed by atoms with van der Waals surface area (Å²) in [6, 6.07) is 5.93. The molecule has 0 aliphatic rings. The lowest BCUT2D eigenvalue weighted by molar-refractivity contribution is -0.151. The van der Waals surface area contributed by atoms with Gasteiger partial charge < -0.3 is 29.6 Å². The summed E-state index contributed by atoms with van der Waals surface area (Å²) in [6.45, 7) is 0. The Morgan fingerprint density at radius 2 is 1.59 bits per heavy atom. The van der Waals surface area contributed by atoms with Crippen molar-refractivity contribution in [3.63, 3.8) is 0 Å². The van der Waals surface area contributed by atoms with Crippen LogP contribution in [0.4, 0.5) is 5.69 Å². The van der Waals surface area contributed by atoms with Crippen molar-refractivity contribution in [2.75, 3.05) is 19.0 Å². The number of aliphatic carboxylic acids is 2. The second-order valence-electron chi connectivity index (χ2n) is 4.64. The van der Waals surface area contributed by atoms with Crippen LogP contribution in [0.2, 0.25) is 0 Å². The summed E-state index contributed by atoms with van der Waals surface area (Å²) in [5.74, 6) is -3.75. The second-order valence-corrected chi connectivity index (χ2v) is 6.37. The summed E-state index contributed by atoms with van der Waals surface area (Å²) in [4.78, 5) is 42.0. The predicted molar refractivity (Wildman–Crippen MR) is 76.3 cm³/mol. The molecule has 1 aromatic rings. The lowest BCUT2D eigenvalue weighted by atomic mass is 10.2. The summed E-state index contributed by atoms with van der Waals surface area (Å²) in [6.07, 6.45) is -2.22. The van der Waals surface area contributed by atoms with E-state index in [0.717, 1.165) is 5.69 Å². The molecule has 10 heteroatoms. The molecular formula is C12H16NO8P. The Morgan fingerprint density at radius 1 is 1.09 bits per heavy atom. The summed E-state index contributed by atoms with van der Waals surface area (Å²) >= 11 is 0. The molecule has 0 radical (unpaired) electrons. The van der Waals surface area contributed by atoms with Crippen molar-refractivity contribution in [2.24, 2.45) is 0 Å². The van der Waals surface area contributed by atoms with Crippen molar-refractivity contribution in [3.8, 4) is 5.75 Å². The van der Waals surface area contributed by atoms with Gasteiger partial charge in [-0.05, 0) is 24.3 Å². The number of carboxylic acids is 2. The largest absolute Gasteiger partial charge is 0.480 e. The number of benzene rings is 1. The van der Waals surface area contributed by atoms with Crippen molar-refractivity contribution >= 4 is 25.2 Å². The van der Waals surface area contributed by atoms with Crippen LogP contribution in [0.1, 0.15) is 0 Å². The quantitative estimate of drug-likeness (QED) is 0.515. The second kappa shape index (κ2) is 6.78. The molecule has 0 aliphatic heterocycles. The highest BCUT2D eigenvalue weighted by molar-refractivity contribution is 7.53. The van der Waals surface area contributed by atoms with Gasteiger partial charge in [-0.3, -0.25) is 9.36 Å². The molecule has 0 bridgehead atoms. The van der Waals surface area contributed by atoms with Crippen LogP contribution >= 0.6 is 7.60 Å². The van der Waals surface area contributed by atoms with Crippen molar-refractivity contribution in [2.45, 2.75) is 11.8 Å². The van der Waals surface area contributed by atoms with Crippen molar-refractivity contribution < 1.29 is 38.9 Å². The van der Waals surface area contributed by atoms with Gasteiger partial charge in [-0.1, -0.05) is 0 Å². The normalized spacial score (nSPS) is 14.0. The Hall–Kier alpha value is -2.09. The van der Waals surface area contributed by atoms with Gasteiger partial charge in [0.25, 0.3) is 0 Å². The van der Waals surface area contributed by atoms with E-state index in [1.807, 2.05) is 0 Å². The van der Waals surface area contributed by atoms with Gasteiger partial charge in [0.05, 0.1) is 0 Å². The number of carbonyl (C=O) groups is 2. The van der Waals surface area contributed by atoms with Crippen molar-refractivity contribution in [1.82, 2.24) is 0 Å². The molecule has 0 spiro atoms. The first kappa shape index (κ1) is 18.0. The van der Waals surface area contributed by atoms with Crippen molar-refractivity contribution in [3.05, 3.63) is 24.3 Å². The first-order chi connectivity index (χ1) is 10.0. The number of rotatable bonds is 7. The minimum Gasteiger partial charge on any atom is -0.480 e. The molecule has 2 unspecified atom stereocenters. The average molecular weight is 333 g/mol. The molecule has 1 aromatic carbocycles. The third kappa shape index (κ3) is 4.45. The fraction of sp³-hybridized carbons (Fsp3) is 0.333. The van der Waals surface area contributed by atoms with Crippen LogP contribution < -0.4 is 9.64 Å². The van der Waals surface area contributed by atoms with E-state index in [4.69, 9.17) is 24.7 Å². The van der Waals surface area contributed by atoms with Crippen LogP contribution in [0.25, 0.3) is 0 Å². The Morgan fingerprint density at radius 3 is 1.91 bits per heavy atom. The summed E-state index contributed by atoms with van der Waals surface area (Å²) < 4.78 is 16.2. The summed E-state index contributed by atoms with van der Waals surface area (Å²) in [5, 5.41) is 17.9. The molecule has 0 amide bonds. The smallest absolute Gasteiger partial charge is 0.346 e. The highest BCUT2D eigenvalue weighted by Gasteiger charge is 2.48. The third-order valence-electron chi connectivity index (χ3n) is 2.76. The lowest BCUT2D eigenvalue weighted by Crippen LogP contribution is -2.43. The fourth-order valence-corrected chi connectivity index (χ4v) is 2.50. The molecule has 0 fully saturated rings. The maximum atomic E-state index is 11.2. The van der Waals surface area contributed by atoms with E-state index >= 15 is 0 Å². The molecule has 1 rings (SSSR count). The van der Waals surface area contributed by atoms with Gasteiger partial charge in [-0.25, -0.2) is 4.79 Å². The van der Waals surface area contributed by atoms with Crippen molar-refractivity contribution in [1.29, 1.82) is 0 Å². The van der Waals surface area contributed by atoms with Crippen LogP contribution in [-0.4, -0.2) is 57.8 Å². The van der Waals surface area contributed by atoms with E-state index < -0.39 is 31.3 Å². The van der Waals surface area contributed by atoms with E-state index in [0.29, 0.717) is 0 Å². The molecule has 9 nitrogen and oxygen atoms in total. The number of ether oxygens (including phenoxy) is 1. The lowest BCUT2D eigenvalue weighted by Gasteiger charge is -2.22. The van der Waals surface area contributed by atoms with E-state index in [9.17, 15) is 14.2 Å². The zero-order valence-electron chi connectivity index (χ0n) is 11.8. The van der Waals surface area contributed by atoms with Gasteiger partial charge in [-0.2, -0.15) is 0 Å². The minimum absolute atomic E-state index is 0.0160. The highest BCUT2D eigenvalue weighted by atomic mass is 31.2. The molecule has 2 atom stereocenters. The first-order valence-electron chi connectivity index (χ1n) is 5.99. The maximum absolute atomic E-state index is 11.2. The molecular weight excluding hydrogens is 317 g/mol. The molecule has 0 saturated carbocycles. The highest BCUT2D eigenvalue weighted by Crippen LogP contribution is 2.44. The topological polar surface area (TPSA) is 145 Å². The first-order valence-corrected chi connectivity index (χ1v) is 7.67. The van der Waals surface area contributed by atoms with Gasteiger partial charge in [0, 0.05) is 19.8 Å². The number of nitrogens with zero attached hydrogens (tertiary/aromatic N) is 1. The van der Waals surface area contributed by atoms with Gasteiger partial charge in [0.2, 0.25) is 11.8 Å². The van der Waals surface area contributed by atoms with Gasteiger partial charge >= 0.3 is 19.5 Å². The molecule has 0 aromatic heterocycles. The summed E-state index contributed by atoms with van der Waals surface area (Å²) in [5.41, 5.74) is -1.72. The number of hydrogen-bond acceptors (Lipinski definition) is 5. The third-order valence-corrected chi connectivity index (χ3v) is 3.98. The molecule has 22 heavy (non-hydrogen) atoms. The molecule has 122 valence electrons. The van der Waals surface area contributed by atoms with Crippen LogP contribution in [0, 0.1) is 0 Å². The van der Waals surface area contributed by atoms with Crippen LogP contribution in [0.15, 0.2) is 24.3 Å². The van der Waals surface area contributed by atoms with Crippen LogP contribution in [0.5, 0.6) is 5.75 Å². The van der Waals surface area contributed by atoms with Crippen LogP contribution in [0.3, 0.4) is 0 Å². The maximum Gasteiger partial charge on any atom is 0.346 e. The molecule has 0 heterocycles. The van der Waals surface area contributed by atoms with E-state index in [-0.39, 0.29) is 5.75 Å². The minimum atomic E-state index is -5.22. The van der Waals surface area contributed by atoms with E-state index in [2.05, 4.69) is 0 Å². The van der Waals surface area contributed by atoms with E-state index in [1.165, 1.54) is 12.1 Å². The Bertz CT molecular complexity index is 594. The van der Waals surface area contributed by atoms with E-state index in [1.54, 1.807) is 31.1 Å². The molecule has 4 N–H and O–H groups in total. The number of anilines is 1. The van der Waals surface area contributed by atoms with Crippen LogP contribution in [-0.2, 0) is 14.2 Å². The Kier molecular flexibility index (Phi) is 5.54. The monoisotopic (exact) mass is 333 g/mol. The Labute approximate surface area is 125 Å². The predicted octanol–water partition coefficient (Wildman–Crippen LogP) is 0.216. The SMILES string of the molecule is CN(C)c1ccc(OC(C(=O)O)C(C(=O)O)P(=O)(O)O)cc1. The van der Waals surface area contributed by atoms with Gasteiger partial charge in [0.1, 0.15) is 5.75 Å². The summed E-state index contributed by atoms with van der Waals surface area (Å²) in [7, 11) is -1.65. The number of hydrogen-bond donors (Lipinski definition) is 4. The molecule has 0 aliphatic carbocycles.